The molecule has 0 saturated carbocycles. The number of alkyl halides is 1. The lowest BCUT2D eigenvalue weighted by atomic mass is 9.71. The second kappa shape index (κ2) is 20.9. The summed E-state index contributed by atoms with van der Waals surface area (Å²) >= 11 is 0. The summed E-state index contributed by atoms with van der Waals surface area (Å²) in [5, 5.41) is 14.7. The van der Waals surface area contributed by atoms with Crippen molar-refractivity contribution in [3.8, 4) is 17.5 Å². The zero-order valence-electron chi connectivity index (χ0n) is 25.3. The van der Waals surface area contributed by atoms with Crippen LogP contribution in [0, 0.1) is 11.7 Å². The molecule has 1 aromatic rings. The number of hydrogen-bond acceptors (Lipinski definition) is 12. The molecule has 1 aliphatic rings. The second-order valence-electron chi connectivity index (χ2n) is 10.4. The van der Waals surface area contributed by atoms with E-state index in [0.717, 1.165) is 0 Å². The molecule has 2 unspecified atom stereocenters. The Morgan fingerprint density at radius 1 is 1.30 bits per heavy atom. The molecule has 2 rings (SSSR count). The summed E-state index contributed by atoms with van der Waals surface area (Å²) in [5.41, 5.74) is 10.6. The van der Waals surface area contributed by atoms with Crippen LogP contribution in [0.15, 0.2) is 24.3 Å². The fraction of sp³-hybridized carbons (Fsp3) is 0.643. The smallest absolute Gasteiger partial charge is 0.253 e. The minimum Gasteiger partial charge on any atom is -0.490 e. The largest absolute Gasteiger partial charge is 0.490 e. The van der Waals surface area contributed by atoms with E-state index in [1.165, 1.54) is 10.8 Å². The SMILES string of the molecule is CC(C)(C)SSC(COc1cccc(C(=O)NCCN)c1)OCCOCC(=O)NCC#C[B][C@H]1C[C@@H](O[C@H](N)F)C(CO)O1. The maximum absolute atomic E-state index is 12.9. The van der Waals surface area contributed by atoms with E-state index in [2.05, 4.69) is 43.1 Å². The Hall–Kier alpha value is -2.07. The molecule has 1 radical (unpaired) electrons. The fourth-order valence-corrected chi connectivity index (χ4v) is 5.80. The molecule has 44 heavy (non-hydrogen) atoms. The van der Waals surface area contributed by atoms with Gasteiger partial charge in [-0.3, -0.25) is 15.3 Å². The molecule has 1 aliphatic heterocycles. The van der Waals surface area contributed by atoms with Crippen molar-refractivity contribution in [2.75, 3.05) is 52.7 Å². The summed E-state index contributed by atoms with van der Waals surface area (Å²) < 4.78 is 40.6. The lowest BCUT2D eigenvalue weighted by Gasteiger charge is -2.22. The Morgan fingerprint density at radius 3 is 2.80 bits per heavy atom. The van der Waals surface area contributed by atoms with E-state index in [9.17, 15) is 19.1 Å². The summed E-state index contributed by atoms with van der Waals surface area (Å²) in [6.45, 7) is 5.36. The van der Waals surface area contributed by atoms with E-state index in [0.29, 0.717) is 30.8 Å². The number of carbonyl (C=O) groups is 2. The van der Waals surface area contributed by atoms with E-state index in [1.54, 1.807) is 42.3 Å². The number of nitrogens with two attached hydrogens (primary N) is 2. The predicted molar refractivity (Wildman–Crippen MR) is 170 cm³/mol. The number of ether oxygens (including phenoxy) is 5. The van der Waals surface area contributed by atoms with Gasteiger partial charge < -0.3 is 45.2 Å². The molecule has 16 heteroatoms. The van der Waals surface area contributed by atoms with Gasteiger partial charge in [-0.15, -0.1) is 0 Å². The Kier molecular flexibility index (Phi) is 18.1. The number of aliphatic hydroxyl groups is 1. The van der Waals surface area contributed by atoms with Gasteiger partial charge in [0.25, 0.3) is 19.7 Å². The highest BCUT2D eigenvalue weighted by Crippen LogP contribution is 2.38. The van der Waals surface area contributed by atoms with E-state index in [4.69, 9.17) is 35.2 Å². The number of rotatable bonds is 19. The van der Waals surface area contributed by atoms with Crippen LogP contribution in [0.5, 0.6) is 5.75 Å². The van der Waals surface area contributed by atoms with Gasteiger partial charge in [0.2, 0.25) is 5.91 Å². The van der Waals surface area contributed by atoms with Crippen LogP contribution in [0.4, 0.5) is 4.39 Å². The number of benzene rings is 1. The minimum atomic E-state index is -1.95. The minimum absolute atomic E-state index is 0.00516. The van der Waals surface area contributed by atoms with Crippen LogP contribution < -0.4 is 26.8 Å². The van der Waals surface area contributed by atoms with Crippen molar-refractivity contribution in [2.24, 2.45) is 11.5 Å². The summed E-state index contributed by atoms with van der Waals surface area (Å²) in [7, 11) is 4.75. The second-order valence-corrected chi connectivity index (χ2v) is 13.6. The van der Waals surface area contributed by atoms with Gasteiger partial charge >= 0.3 is 0 Å². The van der Waals surface area contributed by atoms with Crippen molar-refractivity contribution in [1.82, 2.24) is 10.6 Å². The maximum Gasteiger partial charge on any atom is 0.253 e. The average Bonchev–Trinajstić information content (AvgIpc) is 3.36. The standard InChI is InChI=1S/C28H43BFN4O8S2/c1-28(2,3)44-43-25(18-40-20-7-4-6-19(14-20)26(37)34-11-9-31)39-13-12-38-17-24(36)33-10-5-8-29-23-15-21(42-27(30)32)22(16-35)41-23/h4,6-7,14,21-23,25,27,35H,9-13,15-18,31-32H2,1-3H3,(H,33,36)(H,34,37)/t21-,22?,23-,25?,27+/m1/s1. The summed E-state index contributed by atoms with van der Waals surface area (Å²) in [4.78, 5) is 24.3. The highest BCUT2D eigenvalue weighted by Gasteiger charge is 2.36. The number of amides is 2. The molecule has 0 spiro atoms. The molecule has 0 aliphatic carbocycles. The molecule has 0 bridgehead atoms. The van der Waals surface area contributed by atoms with Gasteiger partial charge in [-0.1, -0.05) is 54.3 Å². The Balaban J connectivity index is 1.68. The molecule has 0 aromatic heterocycles. The third-order valence-corrected chi connectivity index (χ3v) is 9.06. The quantitative estimate of drug-likeness (QED) is 0.0354. The van der Waals surface area contributed by atoms with Crippen LogP contribution in [0.1, 0.15) is 37.6 Å². The Morgan fingerprint density at radius 2 is 2.09 bits per heavy atom. The number of nitrogens with one attached hydrogen (secondary N) is 2. The number of aliphatic hydroxyl groups excluding tert-OH is 1. The van der Waals surface area contributed by atoms with E-state index < -0.39 is 24.7 Å². The highest BCUT2D eigenvalue weighted by molar-refractivity contribution is 8.77. The molecule has 5 atom stereocenters. The van der Waals surface area contributed by atoms with Crippen LogP contribution in [-0.4, -0.2) is 112 Å². The Labute approximate surface area is 267 Å². The van der Waals surface area contributed by atoms with Crippen molar-refractivity contribution in [2.45, 2.75) is 62.1 Å². The third-order valence-electron chi connectivity index (χ3n) is 5.54. The molecule has 7 N–H and O–H groups in total. The summed E-state index contributed by atoms with van der Waals surface area (Å²) in [6, 6.07) is 6.44. The number of carbonyl (C=O) groups excluding carboxylic acids is 2. The van der Waals surface area contributed by atoms with Crippen molar-refractivity contribution in [3.05, 3.63) is 29.8 Å². The van der Waals surface area contributed by atoms with E-state index >= 15 is 0 Å². The molecule has 1 saturated heterocycles. The van der Waals surface area contributed by atoms with E-state index in [1.807, 2.05) is 0 Å². The van der Waals surface area contributed by atoms with Crippen LogP contribution in [-0.2, 0) is 23.7 Å². The molecular formula is C28H43BFN4O8S2. The predicted octanol–water partition coefficient (Wildman–Crippen LogP) is 0.779. The third kappa shape index (κ3) is 16.3. The molecular weight excluding hydrogens is 614 g/mol. The van der Waals surface area contributed by atoms with Gasteiger partial charge in [0.15, 0.2) is 0 Å². The lowest BCUT2D eigenvalue weighted by molar-refractivity contribution is -0.126. The summed E-state index contributed by atoms with van der Waals surface area (Å²) in [6.07, 6.45) is -1.04. The van der Waals surface area contributed by atoms with Gasteiger partial charge in [0.05, 0.1) is 32.5 Å². The average molecular weight is 658 g/mol. The van der Waals surface area contributed by atoms with Gasteiger partial charge in [0, 0.05) is 29.4 Å². The first kappa shape index (κ1) is 38.1. The topological polar surface area (TPSA) is 177 Å². The first-order valence-electron chi connectivity index (χ1n) is 14.2. The number of hydrogen-bond donors (Lipinski definition) is 5. The lowest BCUT2D eigenvalue weighted by Crippen LogP contribution is -2.33. The molecule has 245 valence electrons. The van der Waals surface area contributed by atoms with Crippen LogP contribution in [0.2, 0.25) is 0 Å². The van der Waals surface area contributed by atoms with Crippen LogP contribution in [0.3, 0.4) is 0 Å². The first-order chi connectivity index (χ1) is 21.0. The monoisotopic (exact) mass is 657 g/mol. The molecule has 2 amide bonds. The van der Waals surface area contributed by atoms with Gasteiger partial charge in [0.1, 0.15) is 30.5 Å². The van der Waals surface area contributed by atoms with Crippen LogP contribution >= 0.6 is 21.6 Å². The molecule has 12 nitrogen and oxygen atoms in total. The number of halogens is 1. The maximum atomic E-state index is 12.9. The first-order valence-corrected chi connectivity index (χ1v) is 16.4. The van der Waals surface area contributed by atoms with Gasteiger partial charge in [-0.25, -0.2) is 0 Å². The van der Waals surface area contributed by atoms with E-state index in [-0.39, 0.29) is 61.6 Å². The van der Waals surface area contributed by atoms with Crippen molar-refractivity contribution >= 4 is 40.7 Å². The molecule has 1 heterocycles. The summed E-state index contributed by atoms with van der Waals surface area (Å²) in [5.74, 6) is 5.53. The fourth-order valence-electron chi connectivity index (χ4n) is 3.61. The van der Waals surface area contributed by atoms with Crippen molar-refractivity contribution < 1.29 is 42.8 Å². The highest BCUT2D eigenvalue weighted by atomic mass is 33.1. The zero-order chi connectivity index (χ0) is 32.4. The van der Waals surface area contributed by atoms with Crippen LogP contribution in [0.25, 0.3) is 0 Å². The van der Waals surface area contributed by atoms with Gasteiger partial charge in [-0.05, 0) is 24.6 Å². The van der Waals surface area contributed by atoms with Crippen molar-refractivity contribution in [1.29, 1.82) is 0 Å². The normalized spacial score (nSPS) is 19.4. The zero-order valence-corrected chi connectivity index (χ0v) is 26.9. The van der Waals surface area contributed by atoms with Crippen molar-refractivity contribution in [3.63, 3.8) is 0 Å². The molecule has 1 fully saturated rings. The van der Waals surface area contributed by atoms with Gasteiger partial charge in [-0.2, -0.15) is 10.2 Å². The Bertz CT molecular complexity index is 1080. The molecule has 1 aromatic carbocycles.